The van der Waals surface area contributed by atoms with Crippen molar-refractivity contribution in [3.63, 3.8) is 0 Å². The molecule has 0 spiro atoms. The maximum Gasteiger partial charge on any atom is 0.150 e. The van der Waals surface area contributed by atoms with E-state index in [1.807, 2.05) is 25.1 Å². The summed E-state index contributed by atoms with van der Waals surface area (Å²) in [6, 6.07) is 7.33. The van der Waals surface area contributed by atoms with Gasteiger partial charge in [-0.3, -0.25) is 0 Å². The molecule has 17 heavy (non-hydrogen) atoms. The van der Waals surface area contributed by atoms with Gasteiger partial charge in [-0.05, 0) is 18.6 Å². The summed E-state index contributed by atoms with van der Waals surface area (Å²) in [5, 5.41) is 10.6. The molecule has 0 bridgehead atoms. The maximum atomic E-state index is 11.1. The molecule has 2 rings (SSSR count). The second-order valence-electron chi connectivity index (χ2n) is 4.25. The second kappa shape index (κ2) is 4.16. The van der Waals surface area contributed by atoms with Crippen molar-refractivity contribution in [3.05, 3.63) is 35.6 Å². The van der Waals surface area contributed by atoms with Crippen molar-refractivity contribution in [2.24, 2.45) is 0 Å². The van der Waals surface area contributed by atoms with E-state index in [1.54, 1.807) is 6.07 Å². The number of aliphatic hydroxyl groups excluding tert-OH is 1. The van der Waals surface area contributed by atoms with E-state index in [-0.39, 0.29) is 5.75 Å². The van der Waals surface area contributed by atoms with E-state index in [4.69, 9.17) is 4.42 Å². The molecule has 0 saturated carbocycles. The highest BCUT2D eigenvalue weighted by Gasteiger charge is 2.18. The van der Waals surface area contributed by atoms with E-state index >= 15 is 0 Å². The van der Waals surface area contributed by atoms with Crippen LogP contribution in [0.15, 0.2) is 28.7 Å². The summed E-state index contributed by atoms with van der Waals surface area (Å²) in [7, 11) is -3.23. The number of hydrogen-bond acceptors (Lipinski definition) is 4. The van der Waals surface area contributed by atoms with Gasteiger partial charge < -0.3 is 9.52 Å². The number of aryl methyl sites for hydroxylation is 1. The number of rotatable bonds is 3. The fourth-order valence-electron chi connectivity index (χ4n) is 1.76. The topological polar surface area (TPSA) is 67.5 Å². The molecule has 0 radical (unpaired) electrons. The first-order chi connectivity index (χ1) is 7.87. The average Bonchev–Trinajstić information content (AvgIpc) is 2.60. The molecule has 1 atom stereocenters. The van der Waals surface area contributed by atoms with E-state index in [9.17, 15) is 13.5 Å². The molecule has 1 aromatic carbocycles. The summed E-state index contributed by atoms with van der Waals surface area (Å²) in [5.74, 6) is -0.0361. The molecule has 0 aliphatic heterocycles. The SMILES string of the molecule is Cc1cccc2cc(C(O)CS(C)(=O)=O)oc12. The lowest BCUT2D eigenvalue weighted by atomic mass is 10.2. The van der Waals surface area contributed by atoms with E-state index < -0.39 is 15.9 Å². The van der Waals surface area contributed by atoms with Crippen molar-refractivity contribution in [1.29, 1.82) is 0 Å². The molecule has 4 nitrogen and oxygen atoms in total. The van der Waals surface area contributed by atoms with Crippen molar-refractivity contribution in [2.75, 3.05) is 12.0 Å². The van der Waals surface area contributed by atoms with Crippen LogP contribution >= 0.6 is 0 Å². The summed E-state index contributed by atoms with van der Waals surface area (Å²) < 4.78 is 27.7. The lowest BCUT2D eigenvalue weighted by Crippen LogP contribution is -2.11. The van der Waals surface area contributed by atoms with Gasteiger partial charge in [0.15, 0.2) is 0 Å². The molecule has 2 aromatic rings. The van der Waals surface area contributed by atoms with Gasteiger partial charge in [0, 0.05) is 11.6 Å². The molecular weight excluding hydrogens is 240 g/mol. The van der Waals surface area contributed by atoms with Crippen molar-refractivity contribution in [1.82, 2.24) is 0 Å². The fraction of sp³-hybridized carbons (Fsp3) is 0.333. The predicted molar refractivity (Wildman–Crippen MR) is 65.6 cm³/mol. The third kappa shape index (κ3) is 2.68. The third-order valence-corrected chi connectivity index (χ3v) is 3.47. The minimum absolute atomic E-state index is 0.291. The highest BCUT2D eigenvalue weighted by molar-refractivity contribution is 7.90. The van der Waals surface area contributed by atoms with Crippen LogP contribution in [0, 0.1) is 6.92 Å². The molecule has 1 heterocycles. The average molecular weight is 254 g/mol. The van der Waals surface area contributed by atoms with Crippen LogP contribution in [-0.2, 0) is 9.84 Å². The van der Waals surface area contributed by atoms with Gasteiger partial charge in [-0.1, -0.05) is 18.2 Å². The first-order valence-electron chi connectivity index (χ1n) is 5.21. The Labute approximate surface area is 99.8 Å². The van der Waals surface area contributed by atoms with Crippen LogP contribution < -0.4 is 0 Å². The van der Waals surface area contributed by atoms with E-state index in [0.29, 0.717) is 11.3 Å². The first-order valence-corrected chi connectivity index (χ1v) is 7.28. The van der Waals surface area contributed by atoms with Crippen LogP contribution in [0.25, 0.3) is 11.0 Å². The first kappa shape index (κ1) is 12.1. The summed E-state index contributed by atoms with van der Waals surface area (Å²) in [4.78, 5) is 0. The Kier molecular flexibility index (Phi) is 2.97. The van der Waals surface area contributed by atoms with E-state index in [1.165, 1.54) is 0 Å². The Hall–Kier alpha value is -1.33. The molecule has 92 valence electrons. The molecule has 0 aliphatic rings. The number of hydrogen-bond donors (Lipinski definition) is 1. The molecular formula is C12H14O4S. The molecule has 1 unspecified atom stereocenters. The summed E-state index contributed by atoms with van der Waals surface area (Å²) >= 11 is 0. The Morgan fingerprint density at radius 2 is 2.12 bits per heavy atom. The van der Waals surface area contributed by atoms with Crippen molar-refractivity contribution in [2.45, 2.75) is 13.0 Å². The van der Waals surface area contributed by atoms with Gasteiger partial charge in [-0.15, -0.1) is 0 Å². The van der Waals surface area contributed by atoms with E-state index in [0.717, 1.165) is 17.2 Å². The lowest BCUT2D eigenvalue weighted by Gasteiger charge is -2.04. The molecule has 0 amide bonds. The monoisotopic (exact) mass is 254 g/mol. The molecule has 0 aliphatic carbocycles. The largest absolute Gasteiger partial charge is 0.458 e. The normalized spacial score (nSPS) is 14.1. The Morgan fingerprint density at radius 1 is 1.41 bits per heavy atom. The minimum atomic E-state index is -3.23. The van der Waals surface area contributed by atoms with Gasteiger partial charge in [0.1, 0.15) is 27.3 Å². The van der Waals surface area contributed by atoms with Crippen LogP contribution in [-0.4, -0.2) is 25.5 Å². The number of benzene rings is 1. The Bertz CT molecular complexity index is 640. The van der Waals surface area contributed by atoms with Gasteiger partial charge in [-0.25, -0.2) is 8.42 Å². The van der Waals surface area contributed by atoms with Gasteiger partial charge >= 0.3 is 0 Å². The van der Waals surface area contributed by atoms with Gasteiger partial charge in [0.25, 0.3) is 0 Å². The quantitative estimate of drug-likeness (QED) is 0.907. The Balaban J connectivity index is 2.40. The number of sulfone groups is 1. The maximum absolute atomic E-state index is 11.1. The van der Waals surface area contributed by atoms with E-state index in [2.05, 4.69) is 0 Å². The summed E-state index contributed by atoms with van der Waals surface area (Å²) in [6.07, 6.45) is -0.0266. The zero-order valence-electron chi connectivity index (χ0n) is 9.67. The van der Waals surface area contributed by atoms with Crippen molar-refractivity contribution >= 4 is 20.8 Å². The summed E-state index contributed by atoms with van der Waals surface area (Å²) in [5.41, 5.74) is 1.65. The highest BCUT2D eigenvalue weighted by Crippen LogP contribution is 2.26. The molecule has 1 N–H and O–H groups in total. The third-order valence-electron chi connectivity index (χ3n) is 2.55. The van der Waals surface area contributed by atoms with Crippen LogP contribution in [0.1, 0.15) is 17.4 Å². The second-order valence-corrected chi connectivity index (χ2v) is 6.44. The fourth-order valence-corrected chi connectivity index (χ4v) is 2.50. The summed E-state index contributed by atoms with van der Waals surface area (Å²) in [6.45, 7) is 1.90. The number of para-hydroxylation sites is 1. The number of aliphatic hydroxyl groups is 1. The van der Waals surface area contributed by atoms with Gasteiger partial charge in [-0.2, -0.15) is 0 Å². The smallest absolute Gasteiger partial charge is 0.150 e. The van der Waals surface area contributed by atoms with Crippen LogP contribution in [0.2, 0.25) is 0 Å². The number of furan rings is 1. The Morgan fingerprint density at radius 3 is 2.71 bits per heavy atom. The standard InChI is InChI=1S/C12H14O4S/c1-8-4-3-5-9-6-11(16-12(8)9)10(13)7-17(2,14)15/h3-6,10,13H,7H2,1-2H3. The van der Waals surface area contributed by atoms with Crippen molar-refractivity contribution < 1.29 is 17.9 Å². The number of fused-ring (bicyclic) bond motifs is 1. The molecule has 0 fully saturated rings. The van der Waals surface area contributed by atoms with Gasteiger partial charge in [0.2, 0.25) is 0 Å². The zero-order valence-corrected chi connectivity index (χ0v) is 10.5. The molecule has 5 heteroatoms. The lowest BCUT2D eigenvalue weighted by molar-refractivity contribution is 0.174. The van der Waals surface area contributed by atoms with Gasteiger partial charge in [0.05, 0.1) is 5.75 Å². The van der Waals surface area contributed by atoms with Crippen LogP contribution in [0.3, 0.4) is 0 Å². The van der Waals surface area contributed by atoms with Crippen LogP contribution in [0.5, 0.6) is 0 Å². The van der Waals surface area contributed by atoms with Crippen molar-refractivity contribution in [3.8, 4) is 0 Å². The zero-order chi connectivity index (χ0) is 12.6. The minimum Gasteiger partial charge on any atom is -0.458 e. The molecule has 1 aromatic heterocycles. The van der Waals surface area contributed by atoms with Crippen LogP contribution in [0.4, 0.5) is 0 Å². The molecule has 0 saturated heterocycles. The predicted octanol–water partition coefficient (Wildman–Crippen LogP) is 1.82. The highest BCUT2D eigenvalue weighted by atomic mass is 32.2.